The summed E-state index contributed by atoms with van der Waals surface area (Å²) in [5.41, 5.74) is 3.06. The highest BCUT2D eigenvalue weighted by Crippen LogP contribution is 2.20. The SMILES string of the molecule is CN=C(NCc1ccc(C)cc1OCCCOC)NCc1nnc2ccccn12. The third-order valence-corrected chi connectivity index (χ3v) is 4.44. The van der Waals surface area contributed by atoms with E-state index >= 15 is 0 Å². The number of methoxy groups -OCH3 is 1. The monoisotopic (exact) mass is 396 g/mol. The zero-order valence-electron chi connectivity index (χ0n) is 17.2. The van der Waals surface area contributed by atoms with Crippen molar-refractivity contribution in [3.8, 4) is 5.75 Å². The fourth-order valence-electron chi connectivity index (χ4n) is 2.90. The molecule has 0 amide bonds. The third kappa shape index (κ3) is 5.68. The molecule has 2 heterocycles. The minimum absolute atomic E-state index is 0.513. The first kappa shape index (κ1) is 20.6. The summed E-state index contributed by atoms with van der Waals surface area (Å²) in [5, 5.41) is 15.0. The molecule has 0 fully saturated rings. The van der Waals surface area contributed by atoms with Crippen molar-refractivity contribution in [2.45, 2.75) is 26.4 Å². The summed E-state index contributed by atoms with van der Waals surface area (Å²) in [6.07, 6.45) is 2.80. The Morgan fingerprint density at radius 3 is 2.79 bits per heavy atom. The molecule has 0 bridgehead atoms. The highest BCUT2D eigenvalue weighted by Gasteiger charge is 2.08. The molecule has 3 rings (SSSR count). The van der Waals surface area contributed by atoms with Crippen molar-refractivity contribution in [2.24, 2.45) is 4.99 Å². The quantitative estimate of drug-likeness (QED) is 0.328. The van der Waals surface area contributed by atoms with E-state index in [-0.39, 0.29) is 0 Å². The van der Waals surface area contributed by atoms with E-state index in [1.807, 2.05) is 28.8 Å². The molecule has 0 radical (unpaired) electrons. The summed E-state index contributed by atoms with van der Waals surface area (Å²) >= 11 is 0. The molecule has 0 unspecified atom stereocenters. The molecule has 8 nitrogen and oxygen atoms in total. The van der Waals surface area contributed by atoms with Gasteiger partial charge in [-0.1, -0.05) is 18.2 Å². The number of ether oxygens (including phenoxy) is 2. The van der Waals surface area contributed by atoms with E-state index in [1.165, 1.54) is 0 Å². The van der Waals surface area contributed by atoms with Crippen LogP contribution in [0.3, 0.4) is 0 Å². The van der Waals surface area contributed by atoms with Gasteiger partial charge in [0.05, 0.1) is 13.2 Å². The minimum Gasteiger partial charge on any atom is -0.493 e. The number of aliphatic imine (C=N–C) groups is 1. The van der Waals surface area contributed by atoms with Crippen molar-refractivity contribution in [3.63, 3.8) is 0 Å². The molecule has 8 heteroatoms. The van der Waals surface area contributed by atoms with Gasteiger partial charge in [0, 0.05) is 45.5 Å². The van der Waals surface area contributed by atoms with E-state index in [2.05, 4.69) is 50.9 Å². The van der Waals surface area contributed by atoms with E-state index in [4.69, 9.17) is 9.47 Å². The van der Waals surface area contributed by atoms with Crippen molar-refractivity contribution in [3.05, 3.63) is 59.5 Å². The fourth-order valence-corrected chi connectivity index (χ4v) is 2.90. The van der Waals surface area contributed by atoms with Gasteiger partial charge in [-0.05, 0) is 30.7 Å². The normalized spacial score (nSPS) is 11.6. The molecule has 0 aliphatic carbocycles. The van der Waals surface area contributed by atoms with E-state index in [9.17, 15) is 0 Å². The molecule has 3 aromatic rings. The van der Waals surface area contributed by atoms with Crippen molar-refractivity contribution >= 4 is 11.6 Å². The highest BCUT2D eigenvalue weighted by atomic mass is 16.5. The summed E-state index contributed by atoms with van der Waals surface area (Å²) in [6, 6.07) is 12.0. The number of nitrogens with zero attached hydrogens (tertiary/aromatic N) is 4. The second-order valence-electron chi connectivity index (χ2n) is 6.63. The molecular weight excluding hydrogens is 368 g/mol. The maximum Gasteiger partial charge on any atom is 0.191 e. The number of fused-ring (bicyclic) bond motifs is 1. The van der Waals surface area contributed by atoms with Gasteiger partial charge in [-0.15, -0.1) is 10.2 Å². The third-order valence-electron chi connectivity index (χ3n) is 4.44. The lowest BCUT2D eigenvalue weighted by atomic mass is 10.1. The van der Waals surface area contributed by atoms with Crippen LogP contribution in [0.2, 0.25) is 0 Å². The Morgan fingerprint density at radius 2 is 1.97 bits per heavy atom. The Kier molecular flexibility index (Phi) is 7.40. The maximum absolute atomic E-state index is 5.95. The lowest BCUT2D eigenvalue weighted by Crippen LogP contribution is -2.36. The van der Waals surface area contributed by atoms with E-state index in [0.717, 1.165) is 34.8 Å². The van der Waals surface area contributed by atoms with Crippen molar-refractivity contribution in [1.29, 1.82) is 0 Å². The molecule has 0 saturated heterocycles. The van der Waals surface area contributed by atoms with E-state index < -0.39 is 0 Å². The van der Waals surface area contributed by atoms with Crippen LogP contribution in [0.5, 0.6) is 5.75 Å². The predicted molar refractivity (Wildman–Crippen MR) is 113 cm³/mol. The van der Waals surface area contributed by atoms with Gasteiger partial charge in [0.1, 0.15) is 5.75 Å². The molecule has 154 valence electrons. The van der Waals surface area contributed by atoms with Crippen LogP contribution < -0.4 is 15.4 Å². The predicted octanol–water partition coefficient (Wildman–Crippen LogP) is 2.32. The smallest absolute Gasteiger partial charge is 0.191 e. The summed E-state index contributed by atoms with van der Waals surface area (Å²) in [6.45, 7) is 4.48. The molecule has 0 aliphatic rings. The van der Waals surface area contributed by atoms with Gasteiger partial charge in [0.2, 0.25) is 0 Å². The molecule has 0 saturated carbocycles. The van der Waals surface area contributed by atoms with Crippen LogP contribution in [-0.2, 0) is 17.8 Å². The number of aryl methyl sites for hydroxylation is 1. The van der Waals surface area contributed by atoms with Gasteiger partial charge >= 0.3 is 0 Å². The number of guanidine groups is 1. The summed E-state index contributed by atoms with van der Waals surface area (Å²) < 4.78 is 13.0. The Morgan fingerprint density at radius 1 is 1.10 bits per heavy atom. The summed E-state index contributed by atoms with van der Waals surface area (Å²) in [5.74, 6) is 2.39. The largest absolute Gasteiger partial charge is 0.493 e. The van der Waals surface area contributed by atoms with Crippen LogP contribution in [0.4, 0.5) is 0 Å². The van der Waals surface area contributed by atoms with E-state index in [1.54, 1.807) is 14.2 Å². The Bertz CT molecular complexity index is 953. The topological polar surface area (TPSA) is 85.1 Å². The van der Waals surface area contributed by atoms with Crippen LogP contribution in [0.1, 0.15) is 23.4 Å². The van der Waals surface area contributed by atoms with Gasteiger partial charge in [-0.25, -0.2) is 0 Å². The van der Waals surface area contributed by atoms with Gasteiger partial charge in [0.25, 0.3) is 0 Å². The Balaban J connectivity index is 1.57. The fraction of sp³-hybridized carbons (Fsp3) is 0.381. The molecule has 1 aromatic carbocycles. The molecular formula is C21H28N6O2. The molecule has 2 N–H and O–H groups in total. The van der Waals surface area contributed by atoms with Crippen molar-refractivity contribution in [1.82, 2.24) is 25.2 Å². The molecule has 2 aromatic heterocycles. The second kappa shape index (κ2) is 10.4. The van der Waals surface area contributed by atoms with Crippen molar-refractivity contribution in [2.75, 3.05) is 27.4 Å². The number of aromatic nitrogens is 3. The molecule has 0 aliphatic heterocycles. The summed E-state index contributed by atoms with van der Waals surface area (Å²) in [4.78, 5) is 4.30. The zero-order valence-corrected chi connectivity index (χ0v) is 17.2. The number of nitrogens with one attached hydrogen (secondary N) is 2. The van der Waals surface area contributed by atoms with Crippen LogP contribution >= 0.6 is 0 Å². The first-order valence-electron chi connectivity index (χ1n) is 9.65. The average Bonchev–Trinajstić information content (AvgIpc) is 3.15. The summed E-state index contributed by atoms with van der Waals surface area (Å²) in [7, 11) is 3.44. The number of pyridine rings is 1. The number of benzene rings is 1. The van der Waals surface area contributed by atoms with Gasteiger partial charge < -0.3 is 20.1 Å². The van der Waals surface area contributed by atoms with E-state index in [0.29, 0.717) is 32.3 Å². The average molecular weight is 396 g/mol. The van der Waals surface area contributed by atoms with Gasteiger partial charge in [-0.3, -0.25) is 9.39 Å². The lowest BCUT2D eigenvalue weighted by Gasteiger charge is -2.15. The highest BCUT2D eigenvalue weighted by molar-refractivity contribution is 5.79. The first-order chi connectivity index (χ1) is 14.2. The number of hydrogen-bond acceptors (Lipinski definition) is 5. The first-order valence-corrected chi connectivity index (χ1v) is 9.65. The zero-order chi connectivity index (χ0) is 20.5. The van der Waals surface area contributed by atoms with Crippen LogP contribution in [0, 0.1) is 6.92 Å². The molecule has 0 spiro atoms. The van der Waals surface area contributed by atoms with Crippen LogP contribution in [0.15, 0.2) is 47.6 Å². The minimum atomic E-state index is 0.513. The van der Waals surface area contributed by atoms with Gasteiger partial charge in [0.15, 0.2) is 17.4 Å². The van der Waals surface area contributed by atoms with Crippen molar-refractivity contribution < 1.29 is 9.47 Å². The van der Waals surface area contributed by atoms with Gasteiger partial charge in [-0.2, -0.15) is 0 Å². The molecule has 0 atom stereocenters. The number of rotatable bonds is 9. The molecule has 29 heavy (non-hydrogen) atoms. The Labute approximate surface area is 171 Å². The standard InChI is InChI=1S/C21H28N6O2/c1-16-8-9-17(18(13-16)29-12-6-11-28-3)14-23-21(22-2)24-15-20-26-25-19-7-4-5-10-27(19)20/h4-5,7-10,13H,6,11-12,14-15H2,1-3H3,(H2,22,23,24). The second-order valence-corrected chi connectivity index (χ2v) is 6.63. The maximum atomic E-state index is 5.95. The lowest BCUT2D eigenvalue weighted by molar-refractivity contribution is 0.171. The number of hydrogen-bond donors (Lipinski definition) is 2. The van der Waals surface area contributed by atoms with Crippen LogP contribution in [0.25, 0.3) is 5.65 Å². The Hall–Kier alpha value is -3.13. The van der Waals surface area contributed by atoms with Crippen LogP contribution in [-0.4, -0.2) is 47.9 Å².